The standard InChI is InChI=1S/C18H25N3O3/c1-12-11-13(2)21(20-12)10-9-19-16(22)15-14(3)18(24-17(15)23)7-5-4-6-8-18/h11H,4-10H2,1-3H3,(H,19,22). The molecule has 1 N–H and O–H groups in total. The molecule has 0 saturated heterocycles. The average Bonchev–Trinajstić information content (AvgIpc) is 2.97. The van der Waals surface area contributed by atoms with E-state index in [0.29, 0.717) is 13.1 Å². The molecule has 6 heteroatoms. The monoisotopic (exact) mass is 331 g/mol. The largest absolute Gasteiger partial charge is 0.451 e. The molecule has 0 radical (unpaired) electrons. The Morgan fingerprint density at radius 3 is 2.62 bits per heavy atom. The van der Waals surface area contributed by atoms with Crippen molar-refractivity contribution in [3.63, 3.8) is 0 Å². The van der Waals surface area contributed by atoms with E-state index in [9.17, 15) is 9.59 Å². The molecule has 1 saturated carbocycles. The summed E-state index contributed by atoms with van der Waals surface area (Å²) in [7, 11) is 0. The second-order valence-corrected chi connectivity index (χ2v) is 6.85. The van der Waals surface area contributed by atoms with E-state index in [1.54, 1.807) is 0 Å². The van der Waals surface area contributed by atoms with E-state index < -0.39 is 11.6 Å². The molecule has 3 rings (SSSR count). The molecule has 0 aromatic carbocycles. The number of esters is 1. The van der Waals surface area contributed by atoms with Crippen LogP contribution in [0.3, 0.4) is 0 Å². The van der Waals surface area contributed by atoms with E-state index in [1.165, 1.54) is 0 Å². The van der Waals surface area contributed by atoms with Crippen molar-refractivity contribution in [2.45, 2.75) is 65.0 Å². The Hall–Kier alpha value is -2.11. The van der Waals surface area contributed by atoms with Crippen LogP contribution in [-0.2, 0) is 20.9 Å². The Bertz CT molecular complexity index is 696. The summed E-state index contributed by atoms with van der Waals surface area (Å²) in [4.78, 5) is 24.7. The zero-order valence-corrected chi connectivity index (χ0v) is 14.6. The first-order valence-corrected chi connectivity index (χ1v) is 8.67. The molecule has 1 aromatic rings. The smallest absolute Gasteiger partial charge is 0.344 e. The van der Waals surface area contributed by atoms with Crippen LogP contribution < -0.4 is 5.32 Å². The fourth-order valence-corrected chi connectivity index (χ4v) is 3.81. The normalized spacial score (nSPS) is 19.7. The number of hydrogen-bond donors (Lipinski definition) is 1. The number of hydrogen-bond acceptors (Lipinski definition) is 4. The van der Waals surface area contributed by atoms with E-state index in [-0.39, 0.29) is 11.5 Å². The number of amides is 1. The van der Waals surface area contributed by atoms with Crippen LogP contribution in [0.25, 0.3) is 0 Å². The lowest BCUT2D eigenvalue weighted by Gasteiger charge is -2.33. The molecule has 1 aliphatic heterocycles. The number of nitrogens with one attached hydrogen (secondary N) is 1. The lowest BCUT2D eigenvalue weighted by molar-refractivity contribution is -0.149. The fraction of sp³-hybridized carbons (Fsp3) is 0.611. The molecule has 24 heavy (non-hydrogen) atoms. The lowest BCUT2D eigenvalue weighted by atomic mass is 9.79. The molecule has 6 nitrogen and oxygen atoms in total. The quantitative estimate of drug-likeness (QED) is 0.678. The highest BCUT2D eigenvalue weighted by Gasteiger charge is 2.47. The summed E-state index contributed by atoms with van der Waals surface area (Å²) in [5.74, 6) is -0.806. The molecule has 1 aromatic heterocycles. The molecule has 0 bridgehead atoms. The van der Waals surface area contributed by atoms with Crippen molar-refractivity contribution < 1.29 is 14.3 Å². The van der Waals surface area contributed by atoms with Gasteiger partial charge in [0.1, 0.15) is 11.2 Å². The summed E-state index contributed by atoms with van der Waals surface area (Å²) in [5, 5.41) is 7.20. The molecule has 130 valence electrons. The highest BCUT2D eigenvalue weighted by molar-refractivity contribution is 6.18. The van der Waals surface area contributed by atoms with Gasteiger partial charge in [-0.1, -0.05) is 6.42 Å². The highest BCUT2D eigenvalue weighted by Crippen LogP contribution is 2.43. The van der Waals surface area contributed by atoms with E-state index in [1.807, 2.05) is 31.5 Å². The van der Waals surface area contributed by atoms with Crippen LogP contribution in [0.1, 0.15) is 50.4 Å². The van der Waals surface area contributed by atoms with Crippen molar-refractivity contribution in [3.8, 4) is 0 Å². The highest BCUT2D eigenvalue weighted by atomic mass is 16.6. The lowest BCUT2D eigenvalue weighted by Crippen LogP contribution is -2.33. The van der Waals surface area contributed by atoms with E-state index >= 15 is 0 Å². The van der Waals surface area contributed by atoms with Gasteiger partial charge in [-0.15, -0.1) is 0 Å². The third-order valence-corrected chi connectivity index (χ3v) is 5.15. The van der Waals surface area contributed by atoms with Gasteiger partial charge >= 0.3 is 5.97 Å². The number of carbonyl (C=O) groups excluding carboxylic acids is 2. The van der Waals surface area contributed by atoms with E-state index in [0.717, 1.165) is 49.1 Å². The number of rotatable bonds is 4. The molecule has 2 heterocycles. The van der Waals surface area contributed by atoms with Gasteiger partial charge in [0.25, 0.3) is 5.91 Å². The zero-order valence-electron chi connectivity index (χ0n) is 14.6. The van der Waals surface area contributed by atoms with E-state index in [4.69, 9.17) is 4.74 Å². The van der Waals surface area contributed by atoms with Gasteiger partial charge in [0.2, 0.25) is 0 Å². The first-order chi connectivity index (χ1) is 11.4. The third kappa shape index (κ3) is 2.97. The number of carbonyl (C=O) groups is 2. The van der Waals surface area contributed by atoms with Crippen molar-refractivity contribution >= 4 is 11.9 Å². The molecular weight excluding hydrogens is 306 g/mol. The van der Waals surface area contributed by atoms with Crippen LogP contribution in [0.4, 0.5) is 0 Å². The second kappa shape index (κ2) is 6.42. The maximum atomic E-state index is 12.5. The van der Waals surface area contributed by atoms with Gasteiger partial charge in [0.15, 0.2) is 0 Å². The average molecular weight is 331 g/mol. The summed E-state index contributed by atoms with van der Waals surface area (Å²) < 4.78 is 7.49. The Morgan fingerprint density at radius 2 is 2.00 bits per heavy atom. The van der Waals surface area contributed by atoms with Gasteiger partial charge in [-0.3, -0.25) is 9.48 Å². The SMILES string of the molecule is CC1=C(C(=O)NCCn2nc(C)cc2C)C(=O)OC12CCCCC2. The maximum absolute atomic E-state index is 12.5. The second-order valence-electron chi connectivity index (χ2n) is 6.85. The van der Waals surface area contributed by atoms with Crippen molar-refractivity contribution in [2.24, 2.45) is 0 Å². The molecule has 1 amide bonds. The molecule has 1 spiro atoms. The fourth-order valence-electron chi connectivity index (χ4n) is 3.81. The van der Waals surface area contributed by atoms with Crippen molar-refractivity contribution in [2.75, 3.05) is 6.54 Å². The third-order valence-electron chi connectivity index (χ3n) is 5.15. The van der Waals surface area contributed by atoms with Crippen LogP contribution in [0.5, 0.6) is 0 Å². The molecular formula is C18H25N3O3. The number of aryl methyl sites for hydroxylation is 2. The minimum Gasteiger partial charge on any atom is -0.451 e. The molecule has 2 aliphatic rings. The van der Waals surface area contributed by atoms with Crippen molar-refractivity contribution in [1.82, 2.24) is 15.1 Å². The maximum Gasteiger partial charge on any atom is 0.344 e. The van der Waals surface area contributed by atoms with E-state index in [2.05, 4.69) is 10.4 Å². The van der Waals surface area contributed by atoms with Crippen LogP contribution in [0.2, 0.25) is 0 Å². The predicted octanol–water partition coefficient (Wildman–Crippen LogP) is 2.19. The minimum absolute atomic E-state index is 0.199. The Kier molecular flexibility index (Phi) is 4.47. The molecule has 1 fully saturated rings. The summed E-state index contributed by atoms with van der Waals surface area (Å²) in [6.07, 6.45) is 4.89. The van der Waals surface area contributed by atoms with Gasteiger partial charge in [0, 0.05) is 12.2 Å². The number of aromatic nitrogens is 2. The van der Waals surface area contributed by atoms with Crippen LogP contribution in [-0.4, -0.2) is 33.8 Å². The van der Waals surface area contributed by atoms with Crippen molar-refractivity contribution in [3.05, 3.63) is 28.6 Å². The van der Waals surface area contributed by atoms with Gasteiger partial charge in [-0.05, 0) is 58.1 Å². The number of nitrogens with zero attached hydrogens (tertiary/aromatic N) is 2. The van der Waals surface area contributed by atoms with Gasteiger partial charge in [-0.2, -0.15) is 5.10 Å². The molecule has 1 aliphatic carbocycles. The summed E-state index contributed by atoms with van der Waals surface area (Å²) in [6.45, 7) is 6.80. The van der Waals surface area contributed by atoms with Crippen LogP contribution in [0.15, 0.2) is 17.2 Å². The summed E-state index contributed by atoms with van der Waals surface area (Å²) in [6, 6.07) is 2.00. The van der Waals surface area contributed by atoms with Crippen LogP contribution >= 0.6 is 0 Å². The topological polar surface area (TPSA) is 73.2 Å². The Labute approximate surface area is 142 Å². The first-order valence-electron chi connectivity index (χ1n) is 8.67. The Morgan fingerprint density at radius 1 is 1.29 bits per heavy atom. The number of ether oxygens (including phenoxy) is 1. The van der Waals surface area contributed by atoms with Crippen LogP contribution in [0, 0.1) is 13.8 Å². The molecule has 0 unspecified atom stereocenters. The first kappa shape index (κ1) is 16.7. The minimum atomic E-state index is -0.530. The van der Waals surface area contributed by atoms with Gasteiger partial charge < -0.3 is 10.1 Å². The van der Waals surface area contributed by atoms with Gasteiger partial charge in [0.05, 0.1) is 12.2 Å². The summed E-state index contributed by atoms with van der Waals surface area (Å²) >= 11 is 0. The van der Waals surface area contributed by atoms with Gasteiger partial charge in [-0.25, -0.2) is 4.79 Å². The Balaban J connectivity index is 1.65. The predicted molar refractivity (Wildman–Crippen MR) is 89.3 cm³/mol. The summed E-state index contributed by atoms with van der Waals surface area (Å²) in [5.41, 5.74) is 2.48. The zero-order chi connectivity index (χ0) is 17.3. The molecule has 0 atom stereocenters. The van der Waals surface area contributed by atoms with Crippen molar-refractivity contribution in [1.29, 1.82) is 0 Å².